The van der Waals surface area contributed by atoms with Crippen LogP contribution in [0.4, 0.5) is 0 Å². The van der Waals surface area contributed by atoms with E-state index in [4.69, 9.17) is 4.74 Å². The van der Waals surface area contributed by atoms with Crippen molar-refractivity contribution in [3.63, 3.8) is 0 Å². The third-order valence-electron chi connectivity index (χ3n) is 5.52. The first-order valence-corrected chi connectivity index (χ1v) is 8.93. The van der Waals surface area contributed by atoms with Crippen molar-refractivity contribution in [3.05, 3.63) is 41.1 Å². The van der Waals surface area contributed by atoms with Gasteiger partial charge in [0.1, 0.15) is 12.2 Å². The molecule has 2 aliphatic rings. The highest BCUT2D eigenvalue weighted by Gasteiger charge is 2.45. The maximum Gasteiger partial charge on any atom is 0.255 e. The van der Waals surface area contributed by atoms with Crippen LogP contribution in [-0.2, 0) is 9.53 Å². The van der Waals surface area contributed by atoms with E-state index in [1.54, 1.807) is 11.9 Å². The molecule has 2 saturated heterocycles. The average molecular weight is 353 g/mol. The highest BCUT2D eigenvalue weighted by Crippen LogP contribution is 2.31. The minimum absolute atomic E-state index is 0.00894. The molecule has 0 saturated carbocycles. The van der Waals surface area contributed by atoms with Crippen molar-refractivity contribution in [2.45, 2.75) is 25.9 Å². The Morgan fingerprint density at radius 3 is 2.85 bits per heavy atom. The number of hydrogen-bond donors (Lipinski definition) is 0. The second-order valence-corrected chi connectivity index (χ2v) is 7.47. The molecule has 1 aromatic heterocycles. The minimum atomic E-state index is -0.437. The topological polar surface area (TPSA) is 62.7 Å². The molecule has 6 heteroatoms. The third kappa shape index (κ3) is 2.74. The van der Waals surface area contributed by atoms with Gasteiger partial charge in [0.05, 0.1) is 29.9 Å². The van der Waals surface area contributed by atoms with Crippen molar-refractivity contribution in [2.24, 2.45) is 0 Å². The quantitative estimate of drug-likeness (QED) is 0.786. The van der Waals surface area contributed by atoms with Crippen molar-refractivity contribution in [1.82, 2.24) is 14.8 Å². The van der Waals surface area contributed by atoms with E-state index < -0.39 is 5.60 Å². The van der Waals surface area contributed by atoms with E-state index in [1.165, 1.54) is 0 Å². The zero-order chi connectivity index (χ0) is 18.5. The summed E-state index contributed by atoms with van der Waals surface area (Å²) < 4.78 is 5.84. The van der Waals surface area contributed by atoms with Gasteiger partial charge < -0.3 is 14.5 Å². The van der Waals surface area contributed by atoms with Crippen LogP contribution in [0.25, 0.3) is 10.9 Å². The molecule has 0 radical (unpaired) electrons. The van der Waals surface area contributed by atoms with Crippen molar-refractivity contribution in [3.8, 4) is 0 Å². The SMILES string of the molecule is Cc1nc2c(C)cccc2cc1C(=O)N1CC[C@]2(CN(C)C(=O)CO2)C1. The van der Waals surface area contributed by atoms with Gasteiger partial charge in [-0.2, -0.15) is 0 Å². The Morgan fingerprint density at radius 1 is 1.27 bits per heavy atom. The summed E-state index contributed by atoms with van der Waals surface area (Å²) in [5.74, 6) is -0.0243. The van der Waals surface area contributed by atoms with Gasteiger partial charge in [-0.1, -0.05) is 18.2 Å². The van der Waals surface area contributed by atoms with E-state index in [-0.39, 0.29) is 18.4 Å². The van der Waals surface area contributed by atoms with Crippen LogP contribution in [0.5, 0.6) is 0 Å². The Kier molecular flexibility index (Phi) is 3.95. The Labute approximate surface area is 152 Å². The van der Waals surface area contributed by atoms with Crippen LogP contribution >= 0.6 is 0 Å². The lowest BCUT2D eigenvalue weighted by Crippen LogP contribution is -2.54. The van der Waals surface area contributed by atoms with Crippen LogP contribution in [0.3, 0.4) is 0 Å². The van der Waals surface area contributed by atoms with E-state index in [9.17, 15) is 9.59 Å². The number of aromatic nitrogens is 1. The molecule has 136 valence electrons. The second kappa shape index (κ2) is 6.06. The summed E-state index contributed by atoms with van der Waals surface area (Å²) in [7, 11) is 1.79. The number of fused-ring (bicyclic) bond motifs is 1. The zero-order valence-corrected chi connectivity index (χ0v) is 15.4. The highest BCUT2D eigenvalue weighted by molar-refractivity contribution is 5.99. The number of amides is 2. The number of ether oxygens (including phenoxy) is 1. The number of carbonyl (C=O) groups excluding carboxylic acids is 2. The molecule has 26 heavy (non-hydrogen) atoms. The summed E-state index contributed by atoms with van der Waals surface area (Å²) in [6.07, 6.45) is 0.746. The van der Waals surface area contributed by atoms with E-state index in [1.807, 2.05) is 43.0 Å². The third-order valence-corrected chi connectivity index (χ3v) is 5.52. The molecule has 0 N–H and O–H groups in total. The van der Waals surface area contributed by atoms with Gasteiger partial charge in [0.15, 0.2) is 0 Å². The molecule has 1 aromatic carbocycles. The first-order chi connectivity index (χ1) is 12.4. The van der Waals surface area contributed by atoms with Crippen LogP contribution in [0.1, 0.15) is 28.0 Å². The van der Waals surface area contributed by atoms with Crippen molar-refractivity contribution in [1.29, 1.82) is 0 Å². The maximum absolute atomic E-state index is 13.1. The van der Waals surface area contributed by atoms with E-state index in [0.29, 0.717) is 25.2 Å². The lowest BCUT2D eigenvalue weighted by atomic mass is 10.0. The number of aryl methyl sites for hydroxylation is 2. The molecule has 0 unspecified atom stereocenters. The molecular weight excluding hydrogens is 330 g/mol. The number of pyridine rings is 1. The largest absolute Gasteiger partial charge is 0.361 e. The second-order valence-electron chi connectivity index (χ2n) is 7.47. The normalized spacial score (nSPS) is 23.3. The number of carbonyl (C=O) groups is 2. The molecular formula is C20H23N3O3. The molecule has 1 atom stereocenters. The van der Waals surface area contributed by atoms with Crippen LogP contribution in [0.15, 0.2) is 24.3 Å². The first kappa shape index (κ1) is 17.0. The summed E-state index contributed by atoms with van der Waals surface area (Å²) in [4.78, 5) is 33.0. The lowest BCUT2D eigenvalue weighted by Gasteiger charge is -2.38. The molecule has 1 spiro atoms. The molecule has 6 nitrogen and oxygen atoms in total. The predicted molar refractivity (Wildman–Crippen MR) is 98.1 cm³/mol. The number of morpholine rings is 1. The number of benzene rings is 1. The van der Waals surface area contributed by atoms with Gasteiger partial charge in [-0.25, -0.2) is 0 Å². The van der Waals surface area contributed by atoms with Crippen LogP contribution in [0, 0.1) is 13.8 Å². The summed E-state index contributed by atoms with van der Waals surface area (Å²) in [6, 6.07) is 7.94. The fourth-order valence-corrected chi connectivity index (χ4v) is 3.98. The number of hydrogen-bond acceptors (Lipinski definition) is 4. The summed E-state index contributed by atoms with van der Waals surface area (Å²) in [5.41, 5.74) is 2.99. The fourth-order valence-electron chi connectivity index (χ4n) is 3.98. The van der Waals surface area contributed by atoms with Gasteiger partial charge in [0.25, 0.3) is 5.91 Å². The van der Waals surface area contributed by atoms with Crippen LogP contribution in [-0.4, -0.2) is 65.5 Å². The Hall–Kier alpha value is -2.47. The Bertz CT molecular complexity index is 911. The minimum Gasteiger partial charge on any atom is -0.361 e. The van der Waals surface area contributed by atoms with Crippen molar-refractivity contribution in [2.75, 3.05) is 33.3 Å². The molecule has 0 aliphatic carbocycles. The van der Waals surface area contributed by atoms with Crippen LogP contribution < -0.4 is 0 Å². The fraction of sp³-hybridized carbons (Fsp3) is 0.450. The number of para-hydroxylation sites is 1. The lowest BCUT2D eigenvalue weighted by molar-refractivity contribution is -0.158. The van der Waals surface area contributed by atoms with Crippen molar-refractivity contribution < 1.29 is 14.3 Å². The molecule has 2 aromatic rings. The number of likely N-dealkylation sites (N-methyl/N-ethyl adjacent to an activating group) is 1. The highest BCUT2D eigenvalue weighted by atomic mass is 16.5. The summed E-state index contributed by atoms with van der Waals surface area (Å²) in [5, 5.41) is 0.979. The number of likely N-dealkylation sites (tertiary alicyclic amines) is 1. The zero-order valence-electron chi connectivity index (χ0n) is 15.4. The van der Waals surface area contributed by atoms with Gasteiger partial charge in [-0.3, -0.25) is 14.6 Å². The Morgan fingerprint density at radius 2 is 2.08 bits per heavy atom. The average Bonchev–Trinajstić information content (AvgIpc) is 3.02. The molecule has 2 aliphatic heterocycles. The van der Waals surface area contributed by atoms with Crippen LogP contribution in [0.2, 0.25) is 0 Å². The molecule has 2 fully saturated rings. The van der Waals surface area contributed by atoms with Gasteiger partial charge in [0, 0.05) is 19.0 Å². The standard InChI is InChI=1S/C20H23N3O3/c1-13-5-4-6-15-9-16(14(2)21-18(13)15)19(25)23-8-7-20(12-23)11-22(3)17(24)10-26-20/h4-6,9H,7-8,10-12H2,1-3H3/t20-/m0/s1. The van der Waals surface area contributed by atoms with Gasteiger partial charge in [-0.15, -0.1) is 0 Å². The summed E-state index contributed by atoms with van der Waals surface area (Å²) >= 11 is 0. The predicted octanol–water partition coefficient (Wildman–Crippen LogP) is 1.92. The molecule has 2 amide bonds. The molecule has 4 rings (SSSR count). The smallest absolute Gasteiger partial charge is 0.255 e. The monoisotopic (exact) mass is 353 g/mol. The van der Waals surface area contributed by atoms with Gasteiger partial charge in [-0.05, 0) is 31.9 Å². The van der Waals surface area contributed by atoms with Gasteiger partial charge in [0.2, 0.25) is 5.91 Å². The van der Waals surface area contributed by atoms with Gasteiger partial charge >= 0.3 is 0 Å². The summed E-state index contributed by atoms with van der Waals surface area (Å²) in [6.45, 7) is 5.67. The number of rotatable bonds is 1. The van der Waals surface area contributed by atoms with E-state index >= 15 is 0 Å². The molecule has 3 heterocycles. The van der Waals surface area contributed by atoms with E-state index in [0.717, 1.165) is 28.6 Å². The first-order valence-electron chi connectivity index (χ1n) is 8.93. The number of nitrogens with zero attached hydrogens (tertiary/aromatic N) is 3. The Balaban J connectivity index is 1.60. The maximum atomic E-state index is 13.1. The van der Waals surface area contributed by atoms with Crippen molar-refractivity contribution >= 4 is 22.7 Å². The molecule has 0 bridgehead atoms. The van der Waals surface area contributed by atoms with E-state index in [2.05, 4.69) is 4.98 Å².